The lowest BCUT2D eigenvalue weighted by Gasteiger charge is -2.36. The molecule has 4 heteroatoms. The zero-order valence-electron chi connectivity index (χ0n) is 16.5. The Bertz CT molecular complexity index is 967. The van der Waals surface area contributed by atoms with E-state index >= 15 is 0 Å². The molecule has 0 bridgehead atoms. The number of hydrogen-bond acceptors (Lipinski definition) is 3. The molecule has 146 valence electrons. The van der Waals surface area contributed by atoms with Gasteiger partial charge in [-0.15, -0.1) is 0 Å². The molecule has 0 aromatic heterocycles. The van der Waals surface area contributed by atoms with E-state index in [1.165, 1.54) is 22.5 Å². The van der Waals surface area contributed by atoms with Gasteiger partial charge in [-0.25, -0.2) is 0 Å². The predicted molar refractivity (Wildman–Crippen MR) is 117 cm³/mol. The van der Waals surface area contributed by atoms with Gasteiger partial charge in [0.25, 0.3) is 5.91 Å². The van der Waals surface area contributed by atoms with Crippen LogP contribution in [-0.4, -0.2) is 37.0 Å². The number of rotatable bonds is 3. The van der Waals surface area contributed by atoms with Gasteiger partial charge in [-0.2, -0.15) is 0 Å². The van der Waals surface area contributed by atoms with Crippen molar-refractivity contribution in [2.45, 2.75) is 13.1 Å². The Balaban J connectivity index is 1.20. The summed E-state index contributed by atoms with van der Waals surface area (Å²) in [7, 11) is 0. The van der Waals surface area contributed by atoms with Crippen LogP contribution in [0.15, 0.2) is 78.9 Å². The third kappa shape index (κ3) is 3.58. The van der Waals surface area contributed by atoms with Gasteiger partial charge in [0.2, 0.25) is 0 Å². The minimum absolute atomic E-state index is 0.134. The zero-order chi connectivity index (χ0) is 19.6. The molecule has 0 spiro atoms. The summed E-state index contributed by atoms with van der Waals surface area (Å²) >= 11 is 0. The van der Waals surface area contributed by atoms with Crippen LogP contribution < -0.4 is 9.80 Å². The van der Waals surface area contributed by atoms with Crippen LogP contribution in [0.5, 0.6) is 0 Å². The Morgan fingerprint density at radius 2 is 1.10 bits per heavy atom. The largest absolute Gasteiger partial charge is 0.368 e. The molecule has 1 fully saturated rings. The lowest BCUT2D eigenvalue weighted by molar-refractivity contribution is 0.0747. The first-order chi connectivity index (χ1) is 14.3. The second-order valence-electron chi connectivity index (χ2n) is 7.79. The maximum absolute atomic E-state index is 12.6. The minimum atomic E-state index is 0.134. The molecule has 0 atom stereocenters. The highest BCUT2D eigenvalue weighted by atomic mass is 16.2. The molecule has 0 N–H and O–H groups in total. The van der Waals surface area contributed by atoms with Crippen LogP contribution in [0.4, 0.5) is 11.4 Å². The van der Waals surface area contributed by atoms with Gasteiger partial charge in [0.1, 0.15) is 0 Å². The van der Waals surface area contributed by atoms with Gasteiger partial charge in [0, 0.05) is 56.2 Å². The van der Waals surface area contributed by atoms with Gasteiger partial charge >= 0.3 is 0 Å². The van der Waals surface area contributed by atoms with E-state index in [1.54, 1.807) is 0 Å². The van der Waals surface area contributed by atoms with E-state index in [2.05, 4.69) is 58.3 Å². The van der Waals surface area contributed by atoms with Crippen molar-refractivity contribution in [1.29, 1.82) is 0 Å². The van der Waals surface area contributed by atoms with Gasteiger partial charge in [-0.1, -0.05) is 42.5 Å². The molecule has 4 nitrogen and oxygen atoms in total. The van der Waals surface area contributed by atoms with E-state index in [-0.39, 0.29) is 5.91 Å². The minimum Gasteiger partial charge on any atom is -0.368 e. The highest BCUT2D eigenvalue weighted by molar-refractivity contribution is 5.94. The summed E-state index contributed by atoms with van der Waals surface area (Å²) in [6.45, 7) is 5.22. The van der Waals surface area contributed by atoms with Gasteiger partial charge in [-0.3, -0.25) is 4.79 Å². The molecule has 0 radical (unpaired) electrons. The van der Waals surface area contributed by atoms with E-state index in [9.17, 15) is 4.79 Å². The zero-order valence-corrected chi connectivity index (χ0v) is 16.5. The molecule has 1 amide bonds. The van der Waals surface area contributed by atoms with E-state index in [4.69, 9.17) is 0 Å². The monoisotopic (exact) mass is 383 g/mol. The fraction of sp³-hybridized carbons (Fsp3) is 0.240. The molecule has 0 saturated carbocycles. The summed E-state index contributed by atoms with van der Waals surface area (Å²) in [5, 5.41) is 0. The van der Waals surface area contributed by atoms with Gasteiger partial charge in [-0.05, 0) is 47.5 Å². The second kappa shape index (κ2) is 7.63. The van der Waals surface area contributed by atoms with Crippen molar-refractivity contribution < 1.29 is 4.79 Å². The summed E-state index contributed by atoms with van der Waals surface area (Å²) in [5.41, 5.74) is 6.13. The summed E-state index contributed by atoms with van der Waals surface area (Å²) in [6, 6.07) is 27.1. The lowest BCUT2D eigenvalue weighted by atomic mass is 10.1. The van der Waals surface area contributed by atoms with Crippen LogP contribution in [0.2, 0.25) is 0 Å². The molecule has 2 aliphatic rings. The molecular formula is C25H25N3O. The number of amides is 1. The van der Waals surface area contributed by atoms with Crippen LogP contribution in [0.25, 0.3) is 0 Å². The first-order valence-electron chi connectivity index (χ1n) is 10.3. The number of carbonyl (C=O) groups is 1. The highest BCUT2D eigenvalue weighted by Crippen LogP contribution is 2.29. The van der Waals surface area contributed by atoms with Crippen molar-refractivity contribution in [3.63, 3.8) is 0 Å². The predicted octanol–water partition coefficient (Wildman–Crippen LogP) is 4.17. The molecule has 29 heavy (non-hydrogen) atoms. The van der Waals surface area contributed by atoms with Crippen LogP contribution >= 0.6 is 0 Å². The van der Waals surface area contributed by atoms with Crippen LogP contribution in [0.3, 0.4) is 0 Å². The standard InChI is InChI=1S/C25H25N3O/c29-25(20-6-2-1-3-7-20)27-16-14-26(15-17-27)23-10-12-24(13-11-23)28-18-21-8-4-5-9-22(21)19-28/h1-13H,14-19H2. The Kier molecular flexibility index (Phi) is 4.68. The Labute approximate surface area is 172 Å². The quantitative estimate of drug-likeness (QED) is 0.679. The van der Waals surface area contributed by atoms with Crippen LogP contribution in [0, 0.1) is 0 Å². The summed E-state index contributed by atoms with van der Waals surface area (Å²) < 4.78 is 0. The molecule has 1 saturated heterocycles. The number of fused-ring (bicyclic) bond motifs is 1. The number of benzene rings is 3. The van der Waals surface area contributed by atoms with Crippen molar-refractivity contribution in [1.82, 2.24) is 4.90 Å². The number of anilines is 2. The fourth-order valence-electron chi connectivity index (χ4n) is 4.32. The SMILES string of the molecule is O=C(c1ccccc1)N1CCN(c2ccc(N3Cc4ccccc4C3)cc2)CC1. The summed E-state index contributed by atoms with van der Waals surface area (Å²) in [5.74, 6) is 0.134. The van der Waals surface area contributed by atoms with E-state index in [0.717, 1.165) is 44.8 Å². The van der Waals surface area contributed by atoms with E-state index < -0.39 is 0 Å². The van der Waals surface area contributed by atoms with Gasteiger partial charge < -0.3 is 14.7 Å². The number of nitrogens with zero attached hydrogens (tertiary/aromatic N) is 3. The average molecular weight is 383 g/mol. The van der Waals surface area contributed by atoms with Crippen molar-refractivity contribution in [2.75, 3.05) is 36.0 Å². The van der Waals surface area contributed by atoms with Crippen molar-refractivity contribution in [3.05, 3.63) is 95.6 Å². The van der Waals surface area contributed by atoms with Crippen molar-refractivity contribution in [3.8, 4) is 0 Å². The maximum atomic E-state index is 12.6. The number of piperazine rings is 1. The maximum Gasteiger partial charge on any atom is 0.253 e. The molecule has 3 aromatic carbocycles. The van der Waals surface area contributed by atoms with Crippen LogP contribution in [0.1, 0.15) is 21.5 Å². The highest BCUT2D eigenvalue weighted by Gasteiger charge is 2.23. The van der Waals surface area contributed by atoms with Gasteiger partial charge in [0.05, 0.1) is 0 Å². The smallest absolute Gasteiger partial charge is 0.253 e. The van der Waals surface area contributed by atoms with Crippen molar-refractivity contribution in [2.24, 2.45) is 0 Å². The number of carbonyl (C=O) groups excluding carboxylic acids is 1. The molecule has 2 aliphatic heterocycles. The van der Waals surface area contributed by atoms with Crippen molar-refractivity contribution >= 4 is 17.3 Å². The number of hydrogen-bond donors (Lipinski definition) is 0. The average Bonchev–Trinajstić information content (AvgIpc) is 3.24. The molecule has 3 aromatic rings. The van der Waals surface area contributed by atoms with E-state index in [0.29, 0.717) is 0 Å². The molecule has 5 rings (SSSR count). The first-order valence-corrected chi connectivity index (χ1v) is 10.3. The third-order valence-corrected chi connectivity index (χ3v) is 6.01. The van der Waals surface area contributed by atoms with Gasteiger partial charge in [0.15, 0.2) is 0 Å². The first kappa shape index (κ1) is 17.8. The van der Waals surface area contributed by atoms with Crippen LogP contribution in [-0.2, 0) is 13.1 Å². The Morgan fingerprint density at radius 1 is 0.586 bits per heavy atom. The lowest BCUT2D eigenvalue weighted by Crippen LogP contribution is -2.48. The Hall–Kier alpha value is -3.27. The second-order valence-corrected chi connectivity index (χ2v) is 7.79. The van der Waals surface area contributed by atoms with E-state index in [1.807, 2.05) is 35.2 Å². The summed E-state index contributed by atoms with van der Waals surface area (Å²) in [6.07, 6.45) is 0. The Morgan fingerprint density at radius 3 is 1.69 bits per heavy atom. The fourth-order valence-corrected chi connectivity index (χ4v) is 4.32. The summed E-state index contributed by atoms with van der Waals surface area (Å²) in [4.78, 5) is 19.4. The molecule has 0 unspecified atom stereocenters. The normalized spacial score (nSPS) is 16.1. The third-order valence-electron chi connectivity index (χ3n) is 6.01. The molecule has 0 aliphatic carbocycles. The topological polar surface area (TPSA) is 26.8 Å². The molecule has 2 heterocycles. The molecular weight excluding hydrogens is 358 g/mol.